The summed E-state index contributed by atoms with van der Waals surface area (Å²) in [6.07, 6.45) is 0.921. The fraction of sp³-hybridized carbons (Fsp3) is 0.684. The Morgan fingerprint density at radius 3 is 2.34 bits per heavy atom. The molecule has 1 unspecified atom stereocenters. The lowest BCUT2D eigenvalue weighted by atomic mass is 10.1. The molecule has 1 aliphatic heterocycles. The second-order valence-corrected chi connectivity index (χ2v) is 6.47. The molecule has 1 aromatic heterocycles. The molecule has 10 heteroatoms. The van der Waals surface area contributed by atoms with E-state index < -0.39 is 11.8 Å². The summed E-state index contributed by atoms with van der Waals surface area (Å²) in [5, 5.41) is 10.3. The fourth-order valence-corrected chi connectivity index (χ4v) is 2.72. The summed E-state index contributed by atoms with van der Waals surface area (Å²) < 4.78 is 37.3. The molecule has 0 bridgehead atoms. The highest BCUT2D eigenvalue weighted by Gasteiger charge is 2.41. The molecular weight excluding hydrogens is 384 g/mol. The SMILES string of the molecule is COCCOCCOCCOc1cnc(C2=NC(C)(C(OC)OC)CO2)c(O)c1. The van der Waals surface area contributed by atoms with Crippen molar-refractivity contribution in [2.45, 2.75) is 18.8 Å². The predicted molar refractivity (Wildman–Crippen MR) is 104 cm³/mol. The highest BCUT2D eigenvalue weighted by Crippen LogP contribution is 2.30. The number of aromatic nitrogens is 1. The second-order valence-electron chi connectivity index (χ2n) is 6.47. The summed E-state index contributed by atoms with van der Waals surface area (Å²) in [6, 6.07) is 1.46. The molecule has 1 N–H and O–H groups in total. The first-order chi connectivity index (χ1) is 14.0. The molecule has 0 aliphatic carbocycles. The van der Waals surface area contributed by atoms with Crippen LogP contribution in [0.25, 0.3) is 0 Å². The number of methoxy groups -OCH3 is 3. The zero-order valence-electron chi connectivity index (χ0n) is 17.4. The Hall–Kier alpha value is -1.98. The van der Waals surface area contributed by atoms with Crippen molar-refractivity contribution in [1.82, 2.24) is 4.98 Å². The molecule has 2 rings (SSSR count). The van der Waals surface area contributed by atoms with Crippen LogP contribution in [-0.4, -0.2) is 95.4 Å². The zero-order chi connectivity index (χ0) is 21.1. The molecule has 2 heterocycles. The Morgan fingerprint density at radius 2 is 1.72 bits per heavy atom. The Balaban J connectivity index is 1.80. The number of nitrogens with zero attached hydrogens (tertiary/aromatic N) is 2. The number of rotatable bonds is 14. The van der Waals surface area contributed by atoms with Crippen molar-refractivity contribution in [2.24, 2.45) is 4.99 Å². The summed E-state index contributed by atoms with van der Waals surface area (Å²) >= 11 is 0. The minimum Gasteiger partial charge on any atom is -0.505 e. The number of aliphatic imine (C=N–C) groups is 1. The van der Waals surface area contributed by atoms with E-state index in [0.717, 1.165) is 0 Å². The monoisotopic (exact) mass is 414 g/mol. The topological polar surface area (TPSA) is 110 Å². The van der Waals surface area contributed by atoms with E-state index in [1.54, 1.807) is 7.11 Å². The van der Waals surface area contributed by atoms with Crippen LogP contribution < -0.4 is 4.74 Å². The third-order valence-electron chi connectivity index (χ3n) is 4.14. The van der Waals surface area contributed by atoms with Crippen molar-refractivity contribution in [1.29, 1.82) is 0 Å². The molecule has 0 fully saturated rings. The van der Waals surface area contributed by atoms with Gasteiger partial charge < -0.3 is 38.3 Å². The van der Waals surface area contributed by atoms with Crippen molar-refractivity contribution in [3.8, 4) is 11.5 Å². The van der Waals surface area contributed by atoms with Gasteiger partial charge in [-0.3, -0.25) is 0 Å². The van der Waals surface area contributed by atoms with Crippen LogP contribution in [0.5, 0.6) is 11.5 Å². The maximum Gasteiger partial charge on any atom is 0.240 e. The largest absolute Gasteiger partial charge is 0.505 e. The first kappa shape index (κ1) is 23.3. The van der Waals surface area contributed by atoms with Crippen LogP contribution in [-0.2, 0) is 28.4 Å². The number of hydrogen-bond donors (Lipinski definition) is 1. The van der Waals surface area contributed by atoms with Crippen LogP contribution >= 0.6 is 0 Å². The van der Waals surface area contributed by atoms with Gasteiger partial charge in [-0.05, 0) is 6.92 Å². The third kappa shape index (κ3) is 6.79. The number of pyridine rings is 1. The summed E-state index contributed by atoms with van der Waals surface area (Å²) in [6.45, 7) is 4.86. The van der Waals surface area contributed by atoms with E-state index in [9.17, 15) is 5.11 Å². The van der Waals surface area contributed by atoms with Crippen LogP contribution in [0.15, 0.2) is 17.3 Å². The van der Waals surface area contributed by atoms with E-state index in [-0.39, 0.29) is 23.9 Å². The van der Waals surface area contributed by atoms with Crippen LogP contribution in [0, 0.1) is 0 Å². The Morgan fingerprint density at radius 1 is 1.07 bits per heavy atom. The van der Waals surface area contributed by atoms with Crippen LogP contribution in [0.2, 0.25) is 0 Å². The summed E-state index contributed by atoms with van der Waals surface area (Å²) in [4.78, 5) is 8.70. The molecule has 0 spiro atoms. The molecule has 10 nitrogen and oxygen atoms in total. The molecule has 0 aromatic carbocycles. The molecule has 1 aromatic rings. The van der Waals surface area contributed by atoms with Crippen molar-refractivity contribution in [2.75, 3.05) is 67.6 Å². The van der Waals surface area contributed by atoms with Gasteiger partial charge in [0, 0.05) is 27.4 Å². The van der Waals surface area contributed by atoms with Crippen molar-refractivity contribution >= 4 is 5.90 Å². The minimum absolute atomic E-state index is 0.0932. The zero-order valence-corrected chi connectivity index (χ0v) is 17.4. The molecule has 0 saturated carbocycles. The van der Waals surface area contributed by atoms with Gasteiger partial charge in [-0.2, -0.15) is 0 Å². The van der Waals surface area contributed by atoms with Gasteiger partial charge in [-0.15, -0.1) is 0 Å². The molecule has 1 atom stereocenters. The summed E-state index contributed by atoms with van der Waals surface area (Å²) in [5.41, 5.74) is -0.497. The smallest absolute Gasteiger partial charge is 0.240 e. The molecule has 0 radical (unpaired) electrons. The van der Waals surface area contributed by atoms with Gasteiger partial charge in [0.05, 0.1) is 39.2 Å². The van der Waals surface area contributed by atoms with Crippen molar-refractivity contribution < 1.29 is 38.3 Å². The molecular formula is C19H30N2O8. The molecule has 0 amide bonds. The average molecular weight is 414 g/mol. The van der Waals surface area contributed by atoms with Gasteiger partial charge in [0.15, 0.2) is 17.7 Å². The van der Waals surface area contributed by atoms with E-state index >= 15 is 0 Å². The lowest BCUT2D eigenvalue weighted by molar-refractivity contribution is -0.144. The normalized spacial score (nSPS) is 18.7. The van der Waals surface area contributed by atoms with Gasteiger partial charge >= 0.3 is 0 Å². The quantitative estimate of drug-likeness (QED) is 0.352. The lowest BCUT2D eigenvalue weighted by Gasteiger charge is -2.26. The van der Waals surface area contributed by atoms with Crippen LogP contribution in [0.3, 0.4) is 0 Å². The van der Waals surface area contributed by atoms with Crippen molar-refractivity contribution in [3.63, 3.8) is 0 Å². The Bertz CT molecular complexity index is 653. The van der Waals surface area contributed by atoms with E-state index in [0.29, 0.717) is 45.4 Å². The Kier molecular flexibility index (Phi) is 9.55. The summed E-state index contributed by atoms with van der Waals surface area (Å²) in [7, 11) is 4.69. The van der Waals surface area contributed by atoms with Gasteiger partial charge in [-0.25, -0.2) is 9.98 Å². The van der Waals surface area contributed by atoms with E-state index in [1.165, 1.54) is 26.5 Å². The molecule has 29 heavy (non-hydrogen) atoms. The molecule has 1 aliphatic rings. The minimum atomic E-state index is -0.729. The van der Waals surface area contributed by atoms with Gasteiger partial charge in [-0.1, -0.05) is 0 Å². The average Bonchev–Trinajstić information content (AvgIpc) is 3.10. The maximum absolute atomic E-state index is 10.3. The third-order valence-corrected chi connectivity index (χ3v) is 4.14. The van der Waals surface area contributed by atoms with Crippen molar-refractivity contribution in [3.05, 3.63) is 18.0 Å². The highest BCUT2D eigenvalue weighted by molar-refractivity contribution is 5.96. The van der Waals surface area contributed by atoms with E-state index in [1.807, 2.05) is 6.92 Å². The predicted octanol–water partition coefficient (Wildman–Crippen LogP) is 1.000. The first-order valence-electron chi connectivity index (χ1n) is 9.29. The van der Waals surface area contributed by atoms with Crippen LogP contribution in [0.4, 0.5) is 0 Å². The number of hydrogen-bond acceptors (Lipinski definition) is 10. The lowest BCUT2D eigenvalue weighted by Crippen LogP contribution is -2.41. The van der Waals surface area contributed by atoms with Gasteiger partial charge in [0.25, 0.3) is 0 Å². The fourth-order valence-electron chi connectivity index (χ4n) is 2.72. The van der Waals surface area contributed by atoms with E-state index in [2.05, 4.69) is 9.98 Å². The number of ether oxygens (including phenoxy) is 7. The van der Waals surface area contributed by atoms with Gasteiger partial charge in [0.1, 0.15) is 24.5 Å². The Labute approximate surface area is 170 Å². The standard InChI is InChI=1S/C19H30N2O8/c1-19(18(24-3)25-4)13-29-17(21-19)16-15(22)11-14(12-20-16)28-10-9-27-8-7-26-6-5-23-2/h11-12,18,22H,5-10,13H2,1-4H3. The highest BCUT2D eigenvalue weighted by atomic mass is 16.7. The summed E-state index contributed by atoms with van der Waals surface area (Å²) in [5.74, 6) is 0.552. The van der Waals surface area contributed by atoms with Gasteiger partial charge in [0.2, 0.25) is 5.90 Å². The number of aromatic hydroxyl groups is 1. The van der Waals surface area contributed by atoms with Crippen LogP contribution in [0.1, 0.15) is 12.6 Å². The first-order valence-corrected chi connectivity index (χ1v) is 9.29. The molecule has 0 saturated heterocycles. The molecule has 164 valence electrons. The second kappa shape index (κ2) is 11.9. The maximum atomic E-state index is 10.3. The van der Waals surface area contributed by atoms with E-state index in [4.69, 9.17) is 33.2 Å².